The fourth-order valence-electron chi connectivity index (χ4n) is 3.94. The van der Waals surface area contributed by atoms with E-state index in [4.69, 9.17) is 4.74 Å². The fraction of sp³-hybridized carbons (Fsp3) is 0.600. The number of unbranched alkanes of at least 4 members (excludes halogenated alkanes) is 2. The second-order valence-electron chi connectivity index (χ2n) is 7.41. The van der Waals surface area contributed by atoms with Crippen molar-refractivity contribution in [1.82, 2.24) is 0 Å². The molecule has 3 heteroatoms. The molecule has 1 aliphatic heterocycles. The van der Waals surface area contributed by atoms with Crippen LogP contribution in [0.25, 0.3) is 5.57 Å². The Morgan fingerprint density at radius 1 is 1.26 bits per heavy atom. The number of aliphatic hydroxyl groups excluding tert-OH is 1. The number of phenolic OH excluding ortho intramolecular Hbond substituents is 1. The molecule has 3 rings (SSSR count). The largest absolute Gasteiger partial charge is 0.507 e. The van der Waals surface area contributed by atoms with E-state index >= 15 is 0 Å². The zero-order valence-corrected chi connectivity index (χ0v) is 14.5. The first-order valence-electron chi connectivity index (χ1n) is 8.88. The lowest BCUT2D eigenvalue weighted by molar-refractivity contribution is 0.118. The fourth-order valence-corrected chi connectivity index (χ4v) is 3.94. The van der Waals surface area contributed by atoms with E-state index in [-0.39, 0.29) is 11.7 Å². The van der Waals surface area contributed by atoms with Crippen LogP contribution in [-0.4, -0.2) is 21.9 Å². The molecule has 0 saturated carbocycles. The van der Waals surface area contributed by atoms with Crippen molar-refractivity contribution in [2.24, 2.45) is 0 Å². The molecule has 1 aromatic rings. The van der Waals surface area contributed by atoms with Crippen LogP contribution < -0.4 is 4.74 Å². The molecule has 0 fully saturated rings. The summed E-state index contributed by atoms with van der Waals surface area (Å²) in [6.45, 7) is 6.37. The van der Waals surface area contributed by atoms with Crippen molar-refractivity contribution in [3.8, 4) is 11.5 Å². The molecule has 0 aromatic heterocycles. The first kappa shape index (κ1) is 16.4. The lowest BCUT2D eigenvalue weighted by Gasteiger charge is -2.40. The Balaban J connectivity index is 2.01. The van der Waals surface area contributed by atoms with Gasteiger partial charge in [0.15, 0.2) is 0 Å². The molecule has 2 N–H and O–H groups in total. The van der Waals surface area contributed by atoms with Gasteiger partial charge in [-0.1, -0.05) is 19.8 Å². The van der Waals surface area contributed by atoms with Gasteiger partial charge < -0.3 is 14.9 Å². The number of ether oxygens (including phenoxy) is 1. The zero-order valence-electron chi connectivity index (χ0n) is 14.5. The van der Waals surface area contributed by atoms with E-state index in [1.54, 1.807) is 0 Å². The normalized spacial score (nSPS) is 22.3. The van der Waals surface area contributed by atoms with Crippen LogP contribution in [0, 0.1) is 0 Å². The molecule has 0 unspecified atom stereocenters. The summed E-state index contributed by atoms with van der Waals surface area (Å²) in [4.78, 5) is 0. The molecular weight excluding hydrogens is 288 g/mol. The lowest BCUT2D eigenvalue weighted by atomic mass is 9.76. The maximum atomic E-state index is 10.6. The van der Waals surface area contributed by atoms with Crippen molar-refractivity contribution in [2.75, 3.05) is 0 Å². The average molecular weight is 316 g/mol. The smallest absolute Gasteiger partial charge is 0.132 e. The Kier molecular flexibility index (Phi) is 4.41. The molecular formula is C20H28O3. The Hall–Kier alpha value is -1.48. The Morgan fingerprint density at radius 2 is 2.04 bits per heavy atom. The number of aromatic hydroxyl groups is 1. The van der Waals surface area contributed by atoms with E-state index in [9.17, 15) is 10.2 Å². The third-order valence-corrected chi connectivity index (χ3v) is 5.14. The molecule has 1 heterocycles. The van der Waals surface area contributed by atoms with Crippen LogP contribution >= 0.6 is 0 Å². The van der Waals surface area contributed by atoms with Gasteiger partial charge in [0.2, 0.25) is 0 Å². The number of fused-ring (bicyclic) bond motifs is 2. The van der Waals surface area contributed by atoms with Crippen molar-refractivity contribution in [2.45, 2.75) is 77.4 Å². The van der Waals surface area contributed by atoms with E-state index in [1.807, 2.05) is 6.07 Å². The molecule has 1 aromatic carbocycles. The maximum Gasteiger partial charge on any atom is 0.132 e. The summed E-state index contributed by atoms with van der Waals surface area (Å²) in [5.74, 6) is 1.07. The zero-order chi connectivity index (χ0) is 16.6. The first-order valence-corrected chi connectivity index (χ1v) is 8.88. The minimum atomic E-state index is -0.364. The van der Waals surface area contributed by atoms with Crippen LogP contribution in [0.5, 0.6) is 11.5 Å². The van der Waals surface area contributed by atoms with Gasteiger partial charge in [-0.3, -0.25) is 0 Å². The van der Waals surface area contributed by atoms with Gasteiger partial charge in [0.05, 0.1) is 11.7 Å². The lowest BCUT2D eigenvalue weighted by Crippen LogP contribution is -2.37. The van der Waals surface area contributed by atoms with Crippen molar-refractivity contribution in [1.29, 1.82) is 0 Å². The number of aryl methyl sites for hydroxylation is 1. The molecule has 2 aliphatic rings. The highest BCUT2D eigenvalue weighted by Crippen LogP contribution is 2.50. The number of phenols is 1. The predicted octanol–water partition coefficient (Wildman–Crippen LogP) is 4.59. The van der Waals surface area contributed by atoms with Gasteiger partial charge in [-0.15, -0.1) is 0 Å². The highest BCUT2D eigenvalue weighted by atomic mass is 16.5. The summed E-state index contributed by atoms with van der Waals surface area (Å²) in [5.41, 5.74) is 3.89. The van der Waals surface area contributed by atoms with Crippen LogP contribution in [0.15, 0.2) is 17.7 Å². The number of hydrogen-bond acceptors (Lipinski definition) is 3. The Morgan fingerprint density at radius 3 is 2.78 bits per heavy atom. The minimum absolute atomic E-state index is 0.297. The van der Waals surface area contributed by atoms with Crippen molar-refractivity contribution in [3.05, 3.63) is 28.8 Å². The second kappa shape index (κ2) is 6.20. The highest BCUT2D eigenvalue weighted by molar-refractivity contribution is 5.81. The number of benzene rings is 1. The third-order valence-electron chi connectivity index (χ3n) is 5.14. The summed E-state index contributed by atoms with van der Waals surface area (Å²) in [5, 5.41) is 20.7. The first-order chi connectivity index (χ1) is 10.9. The maximum absolute atomic E-state index is 10.6. The molecule has 126 valence electrons. The molecule has 0 bridgehead atoms. The van der Waals surface area contributed by atoms with Crippen molar-refractivity contribution in [3.63, 3.8) is 0 Å². The van der Waals surface area contributed by atoms with Crippen LogP contribution in [0.3, 0.4) is 0 Å². The molecule has 23 heavy (non-hydrogen) atoms. The molecule has 3 nitrogen and oxygen atoms in total. The van der Waals surface area contributed by atoms with E-state index in [0.717, 1.165) is 48.1 Å². The van der Waals surface area contributed by atoms with Gasteiger partial charge in [0.1, 0.15) is 17.1 Å². The van der Waals surface area contributed by atoms with Crippen LogP contribution in [0.4, 0.5) is 0 Å². The van der Waals surface area contributed by atoms with E-state index in [1.165, 1.54) is 18.4 Å². The monoisotopic (exact) mass is 316 g/mol. The number of hydrogen-bond donors (Lipinski definition) is 2. The quantitative estimate of drug-likeness (QED) is 0.799. The summed E-state index contributed by atoms with van der Waals surface area (Å²) in [6, 6.07) is 3.96. The standard InChI is InChI=1S/C20H28O3/c1-4-5-6-7-13-10-17(22)19-15-12-14(21)8-9-16(15)20(2,3)23-18(19)11-13/h10-11,14,21-22H,4-9,12H2,1-3H3/t14-/m0/s1. The van der Waals surface area contributed by atoms with Gasteiger partial charge >= 0.3 is 0 Å². The minimum Gasteiger partial charge on any atom is -0.507 e. The van der Waals surface area contributed by atoms with Gasteiger partial charge in [0.25, 0.3) is 0 Å². The second-order valence-corrected chi connectivity index (χ2v) is 7.41. The number of aliphatic hydroxyl groups is 1. The SMILES string of the molecule is CCCCCc1cc(O)c2c(c1)OC(C)(C)C1=C2C[C@@H](O)CC1. The molecule has 0 spiro atoms. The van der Waals surface area contributed by atoms with Gasteiger partial charge in [-0.2, -0.15) is 0 Å². The summed E-state index contributed by atoms with van der Waals surface area (Å²) < 4.78 is 6.25. The summed E-state index contributed by atoms with van der Waals surface area (Å²) in [6.07, 6.45) is 6.38. The van der Waals surface area contributed by atoms with Gasteiger partial charge in [0, 0.05) is 0 Å². The van der Waals surface area contributed by atoms with E-state index in [2.05, 4.69) is 26.8 Å². The van der Waals surface area contributed by atoms with Crippen molar-refractivity contribution < 1.29 is 14.9 Å². The van der Waals surface area contributed by atoms with E-state index in [0.29, 0.717) is 12.2 Å². The third kappa shape index (κ3) is 3.12. The molecule has 0 radical (unpaired) electrons. The summed E-state index contributed by atoms with van der Waals surface area (Å²) in [7, 11) is 0. The Labute approximate surface area is 139 Å². The van der Waals surface area contributed by atoms with Crippen LogP contribution in [0.2, 0.25) is 0 Å². The van der Waals surface area contributed by atoms with Crippen molar-refractivity contribution >= 4 is 5.57 Å². The highest BCUT2D eigenvalue weighted by Gasteiger charge is 2.38. The Bertz CT molecular complexity index is 628. The summed E-state index contributed by atoms with van der Waals surface area (Å²) >= 11 is 0. The van der Waals surface area contributed by atoms with Gasteiger partial charge in [-0.25, -0.2) is 0 Å². The average Bonchev–Trinajstić information content (AvgIpc) is 2.46. The van der Waals surface area contributed by atoms with Crippen LogP contribution in [0.1, 0.15) is 70.4 Å². The molecule has 1 atom stereocenters. The van der Waals surface area contributed by atoms with Gasteiger partial charge in [-0.05, 0) is 74.8 Å². The number of rotatable bonds is 4. The predicted molar refractivity (Wildman–Crippen MR) is 92.8 cm³/mol. The molecule has 0 amide bonds. The van der Waals surface area contributed by atoms with E-state index < -0.39 is 0 Å². The van der Waals surface area contributed by atoms with Crippen LogP contribution in [-0.2, 0) is 6.42 Å². The topological polar surface area (TPSA) is 49.7 Å². The molecule has 1 aliphatic carbocycles. The molecule has 0 saturated heterocycles.